The number of aromatic nitrogens is 1. The summed E-state index contributed by atoms with van der Waals surface area (Å²) in [7, 11) is 0. The fourth-order valence-electron chi connectivity index (χ4n) is 2.78. The Morgan fingerprint density at radius 1 is 1.50 bits per heavy atom. The molecule has 0 spiro atoms. The van der Waals surface area contributed by atoms with Gasteiger partial charge in [0.2, 0.25) is 5.91 Å². The van der Waals surface area contributed by atoms with Crippen molar-refractivity contribution in [1.29, 1.82) is 0 Å². The molecule has 1 aliphatic rings. The Balaban J connectivity index is 0.00000176. The molecule has 0 aliphatic carbocycles. The number of nitrogens with zero attached hydrogens (tertiary/aromatic N) is 2. The Morgan fingerprint density at radius 2 is 2.27 bits per heavy atom. The first-order valence-electron chi connectivity index (χ1n) is 7.15. The maximum Gasteiger partial charge on any atom is 0.233 e. The molecule has 2 unspecified atom stereocenters. The first-order chi connectivity index (χ1) is 10.2. The Hall–Kier alpha value is -0.820. The molecule has 1 aromatic heterocycles. The molecule has 3 rings (SSSR count). The number of thiazole rings is 1. The molecule has 2 heterocycles. The molecule has 0 saturated carbocycles. The van der Waals surface area contributed by atoms with Crippen molar-refractivity contribution in [2.45, 2.75) is 23.7 Å². The van der Waals surface area contributed by atoms with Gasteiger partial charge in [-0.3, -0.25) is 4.79 Å². The van der Waals surface area contributed by atoms with Crippen molar-refractivity contribution in [3.63, 3.8) is 0 Å². The van der Waals surface area contributed by atoms with Crippen LogP contribution in [0.3, 0.4) is 0 Å². The number of fused-ring (bicyclic) bond motifs is 1. The van der Waals surface area contributed by atoms with Crippen molar-refractivity contribution < 1.29 is 4.79 Å². The highest BCUT2D eigenvalue weighted by Crippen LogP contribution is 2.30. The van der Waals surface area contributed by atoms with E-state index in [9.17, 15) is 4.79 Å². The van der Waals surface area contributed by atoms with E-state index in [-0.39, 0.29) is 18.3 Å². The first kappa shape index (κ1) is 17.5. The van der Waals surface area contributed by atoms with Gasteiger partial charge < -0.3 is 10.6 Å². The topological polar surface area (TPSA) is 59.2 Å². The largest absolute Gasteiger partial charge is 0.339 e. The smallest absolute Gasteiger partial charge is 0.233 e. The molecular formula is C15H20ClN3OS2. The van der Waals surface area contributed by atoms with E-state index in [0.29, 0.717) is 24.3 Å². The van der Waals surface area contributed by atoms with Crippen LogP contribution in [0.2, 0.25) is 0 Å². The highest BCUT2D eigenvalue weighted by Gasteiger charge is 2.31. The van der Waals surface area contributed by atoms with Crippen molar-refractivity contribution in [3.05, 3.63) is 24.3 Å². The molecule has 1 amide bonds. The average Bonchev–Trinajstić information content (AvgIpc) is 3.07. The fourth-order valence-corrected chi connectivity index (χ4v) is 4.73. The third-order valence-electron chi connectivity index (χ3n) is 3.91. The van der Waals surface area contributed by atoms with Gasteiger partial charge in [0.1, 0.15) is 0 Å². The summed E-state index contributed by atoms with van der Waals surface area (Å²) >= 11 is 3.19. The molecule has 2 aromatic rings. The molecule has 0 bridgehead atoms. The summed E-state index contributed by atoms with van der Waals surface area (Å²) < 4.78 is 2.14. The molecule has 2 N–H and O–H groups in total. The maximum atomic E-state index is 12.3. The number of rotatable bonds is 4. The molecular weight excluding hydrogens is 338 g/mol. The van der Waals surface area contributed by atoms with Gasteiger partial charge in [0.25, 0.3) is 0 Å². The lowest BCUT2D eigenvalue weighted by atomic mass is 10.1. The predicted molar refractivity (Wildman–Crippen MR) is 95.9 cm³/mol. The van der Waals surface area contributed by atoms with Gasteiger partial charge >= 0.3 is 0 Å². The molecule has 0 radical (unpaired) electrons. The van der Waals surface area contributed by atoms with Crippen LogP contribution in [0.5, 0.6) is 0 Å². The monoisotopic (exact) mass is 357 g/mol. The van der Waals surface area contributed by atoms with Gasteiger partial charge in [-0.2, -0.15) is 0 Å². The highest BCUT2D eigenvalue weighted by atomic mass is 35.5. The molecule has 1 fully saturated rings. The van der Waals surface area contributed by atoms with Crippen LogP contribution in [0.15, 0.2) is 28.6 Å². The molecule has 1 saturated heterocycles. The number of hydrogen-bond acceptors (Lipinski definition) is 5. The summed E-state index contributed by atoms with van der Waals surface area (Å²) in [5.41, 5.74) is 6.72. The highest BCUT2D eigenvalue weighted by molar-refractivity contribution is 8.01. The standard InChI is InChI=1S/C15H19N3OS2.ClH/c1-10-6-11(7-16)8-18(10)14(19)9-20-15-17-12-4-2-3-5-13(12)21-15;/h2-5,10-11H,6-9,16H2,1H3;1H. The number of carbonyl (C=O) groups excluding carboxylic acids is 1. The summed E-state index contributed by atoms with van der Waals surface area (Å²) in [6.07, 6.45) is 1.02. The second kappa shape index (κ2) is 7.64. The number of likely N-dealkylation sites (tertiary alicyclic amines) is 1. The van der Waals surface area contributed by atoms with E-state index < -0.39 is 0 Å². The summed E-state index contributed by atoms with van der Waals surface area (Å²) in [6, 6.07) is 8.38. The van der Waals surface area contributed by atoms with Crippen LogP contribution in [-0.2, 0) is 4.79 Å². The van der Waals surface area contributed by atoms with Gasteiger partial charge in [0.15, 0.2) is 4.34 Å². The Kier molecular flexibility index (Phi) is 6.09. The number of para-hydroxylation sites is 1. The Labute approximate surface area is 144 Å². The third kappa shape index (κ3) is 3.74. The van der Waals surface area contributed by atoms with E-state index in [1.807, 2.05) is 23.1 Å². The second-order valence-corrected chi connectivity index (χ2v) is 7.72. The Bertz CT molecular complexity index is 616. The lowest BCUT2D eigenvalue weighted by Gasteiger charge is -2.21. The van der Waals surface area contributed by atoms with Crippen molar-refractivity contribution >= 4 is 51.6 Å². The van der Waals surface area contributed by atoms with Crippen LogP contribution in [0.1, 0.15) is 13.3 Å². The van der Waals surface area contributed by atoms with Gasteiger partial charge in [-0.15, -0.1) is 23.7 Å². The zero-order chi connectivity index (χ0) is 14.8. The number of thioether (sulfide) groups is 1. The fraction of sp³-hybridized carbons (Fsp3) is 0.467. The molecule has 4 nitrogen and oxygen atoms in total. The zero-order valence-electron chi connectivity index (χ0n) is 12.4. The number of halogens is 1. The third-order valence-corrected chi connectivity index (χ3v) is 6.07. The van der Waals surface area contributed by atoms with Gasteiger partial charge in [-0.05, 0) is 37.9 Å². The molecule has 22 heavy (non-hydrogen) atoms. The number of benzene rings is 1. The number of hydrogen-bond donors (Lipinski definition) is 1. The molecule has 1 aliphatic heterocycles. The van der Waals surface area contributed by atoms with Gasteiger partial charge in [0.05, 0.1) is 16.0 Å². The lowest BCUT2D eigenvalue weighted by Crippen LogP contribution is -2.35. The summed E-state index contributed by atoms with van der Waals surface area (Å²) in [4.78, 5) is 18.9. The van der Waals surface area contributed by atoms with Crippen LogP contribution < -0.4 is 5.73 Å². The van der Waals surface area contributed by atoms with Gasteiger partial charge in [0, 0.05) is 12.6 Å². The normalized spacial score (nSPS) is 21.1. The average molecular weight is 358 g/mol. The minimum Gasteiger partial charge on any atom is -0.339 e. The van der Waals surface area contributed by atoms with E-state index in [1.165, 1.54) is 16.5 Å². The molecule has 7 heteroatoms. The van der Waals surface area contributed by atoms with Crippen molar-refractivity contribution in [2.24, 2.45) is 11.7 Å². The van der Waals surface area contributed by atoms with Crippen LogP contribution in [0, 0.1) is 5.92 Å². The van der Waals surface area contributed by atoms with Crippen LogP contribution in [0.4, 0.5) is 0 Å². The second-order valence-electron chi connectivity index (χ2n) is 5.47. The summed E-state index contributed by atoms with van der Waals surface area (Å²) in [5, 5.41) is 0. The van der Waals surface area contributed by atoms with Crippen molar-refractivity contribution in [3.8, 4) is 0 Å². The van der Waals surface area contributed by atoms with Gasteiger partial charge in [-0.25, -0.2) is 4.98 Å². The van der Waals surface area contributed by atoms with Crippen LogP contribution in [0.25, 0.3) is 10.2 Å². The lowest BCUT2D eigenvalue weighted by molar-refractivity contribution is -0.128. The number of amides is 1. The molecule has 120 valence electrons. The maximum absolute atomic E-state index is 12.3. The summed E-state index contributed by atoms with van der Waals surface area (Å²) in [5.74, 6) is 1.11. The predicted octanol–water partition coefficient (Wildman–Crippen LogP) is 3.01. The zero-order valence-corrected chi connectivity index (χ0v) is 14.8. The molecule has 2 atom stereocenters. The van der Waals surface area contributed by atoms with E-state index in [2.05, 4.69) is 18.0 Å². The minimum absolute atomic E-state index is 0. The quantitative estimate of drug-likeness (QED) is 0.854. The van der Waals surface area contributed by atoms with Crippen molar-refractivity contribution in [1.82, 2.24) is 9.88 Å². The first-order valence-corrected chi connectivity index (χ1v) is 8.95. The minimum atomic E-state index is 0. The molecule has 1 aromatic carbocycles. The van der Waals surface area contributed by atoms with E-state index in [0.717, 1.165) is 22.8 Å². The number of carbonyl (C=O) groups is 1. The van der Waals surface area contributed by atoms with E-state index >= 15 is 0 Å². The summed E-state index contributed by atoms with van der Waals surface area (Å²) in [6.45, 7) is 3.58. The van der Waals surface area contributed by atoms with Gasteiger partial charge in [-0.1, -0.05) is 23.9 Å². The van der Waals surface area contributed by atoms with E-state index in [1.54, 1.807) is 11.3 Å². The Morgan fingerprint density at radius 3 is 2.95 bits per heavy atom. The SMILES string of the molecule is CC1CC(CN)CN1C(=O)CSc1nc2ccccc2s1.Cl. The number of nitrogens with two attached hydrogens (primary N) is 1. The van der Waals surface area contributed by atoms with Crippen molar-refractivity contribution in [2.75, 3.05) is 18.8 Å². The van der Waals surface area contributed by atoms with E-state index in [4.69, 9.17) is 5.73 Å². The van der Waals surface area contributed by atoms with Crippen LogP contribution >= 0.6 is 35.5 Å². The van der Waals surface area contributed by atoms with Crippen LogP contribution in [-0.4, -0.2) is 40.7 Å².